The highest BCUT2D eigenvalue weighted by molar-refractivity contribution is 5.96. The summed E-state index contributed by atoms with van der Waals surface area (Å²) < 4.78 is 0. The van der Waals surface area contributed by atoms with Gasteiger partial charge in [-0.15, -0.1) is 0 Å². The lowest BCUT2D eigenvalue weighted by atomic mass is 10.1. The van der Waals surface area contributed by atoms with E-state index in [-0.39, 0.29) is 5.91 Å². The highest BCUT2D eigenvalue weighted by atomic mass is 16.2. The minimum absolute atomic E-state index is 0.0729. The Morgan fingerprint density at radius 3 is 2.36 bits per heavy atom. The fraction of sp³-hybridized carbons (Fsp3) is 0.158. The predicted octanol–water partition coefficient (Wildman–Crippen LogP) is 3.82. The van der Waals surface area contributed by atoms with Gasteiger partial charge in [0.05, 0.1) is 5.71 Å². The monoisotopic (exact) mass is 292 g/mol. The van der Waals surface area contributed by atoms with Crippen molar-refractivity contribution in [1.82, 2.24) is 5.43 Å². The van der Waals surface area contributed by atoms with E-state index in [9.17, 15) is 4.79 Å². The highest BCUT2D eigenvalue weighted by Crippen LogP contribution is 2.02. The van der Waals surface area contributed by atoms with Gasteiger partial charge in [0.2, 0.25) is 5.91 Å². The number of carbonyl (C=O) groups is 1. The normalized spacial score (nSPS) is 11.6. The molecule has 2 aromatic carbocycles. The molecule has 2 aromatic rings. The summed E-state index contributed by atoms with van der Waals surface area (Å²) in [5, 5.41) is 4.08. The Morgan fingerprint density at radius 1 is 1.05 bits per heavy atom. The van der Waals surface area contributed by atoms with E-state index in [1.165, 1.54) is 0 Å². The lowest BCUT2D eigenvalue weighted by molar-refractivity contribution is -0.121. The minimum Gasteiger partial charge on any atom is -0.273 e. The number of rotatable bonds is 6. The average Bonchev–Trinajstić information content (AvgIpc) is 2.58. The van der Waals surface area contributed by atoms with Gasteiger partial charge >= 0.3 is 0 Å². The zero-order valence-corrected chi connectivity index (χ0v) is 12.7. The van der Waals surface area contributed by atoms with Crippen LogP contribution in [0.4, 0.5) is 0 Å². The number of nitrogens with zero attached hydrogens (tertiary/aromatic N) is 1. The minimum atomic E-state index is -0.0729. The second-order valence-electron chi connectivity index (χ2n) is 5.02. The third-order valence-corrected chi connectivity index (χ3v) is 3.16. The number of carbonyl (C=O) groups excluding carboxylic acids is 1. The van der Waals surface area contributed by atoms with Gasteiger partial charge in [0.25, 0.3) is 0 Å². The quantitative estimate of drug-likeness (QED) is 0.638. The third kappa shape index (κ3) is 5.75. The third-order valence-electron chi connectivity index (χ3n) is 3.16. The first kappa shape index (κ1) is 15.7. The molecule has 0 aliphatic heterocycles. The summed E-state index contributed by atoms with van der Waals surface area (Å²) in [7, 11) is 0. The molecule has 0 aliphatic carbocycles. The molecule has 1 N–H and O–H groups in total. The van der Waals surface area contributed by atoms with Crippen LogP contribution in [0.2, 0.25) is 0 Å². The van der Waals surface area contributed by atoms with Crippen LogP contribution < -0.4 is 5.43 Å². The Morgan fingerprint density at radius 2 is 1.68 bits per heavy atom. The molecule has 2 rings (SSSR count). The molecule has 0 bridgehead atoms. The van der Waals surface area contributed by atoms with Gasteiger partial charge in [-0.2, -0.15) is 5.10 Å². The number of hydrogen-bond acceptors (Lipinski definition) is 2. The molecule has 0 unspecified atom stereocenters. The summed E-state index contributed by atoms with van der Waals surface area (Å²) in [6.07, 6.45) is 5.01. The number of amides is 1. The SMILES string of the molecule is CC(/C=C\c1ccccc1)=N/NC(=O)CCc1ccccc1. The lowest BCUT2D eigenvalue weighted by Gasteiger charge is -2.01. The van der Waals surface area contributed by atoms with Crippen molar-refractivity contribution in [2.75, 3.05) is 0 Å². The van der Waals surface area contributed by atoms with Gasteiger partial charge in [-0.3, -0.25) is 4.79 Å². The van der Waals surface area contributed by atoms with Crippen LogP contribution in [0.3, 0.4) is 0 Å². The molecule has 0 aliphatic rings. The van der Waals surface area contributed by atoms with Crippen molar-refractivity contribution in [2.24, 2.45) is 5.10 Å². The standard InChI is InChI=1S/C19H20N2O/c1-16(12-13-17-8-4-2-5-9-17)20-21-19(22)15-14-18-10-6-3-7-11-18/h2-13H,14-15H2,1H3,(H,21,22)/b13-12-,20-16-. The predicted molar refractivity (Wildman–Crippen MR) is 91.5 cm³/mol. The topological polar surface area (TPSA) is 41.5 Å². The molecule has 0 radical (unpaired) electrons. The van der Waals surface area contributed by atoms with Gasteiger partial charge in [-0.05, 0) is 30.5 Å². The second-order valence-corrected chi connectivity index (χ2v) is 5.02. The maximum absolute atomic E-state index is 11.8. The molecule has 112 valence electrons. The summed E-state index contributed by atoms with van der Waals surface area (Å²) in [4.78, 5) is 11.8. The van der Waals surface area contributed by atoms with E-state index in [0.717, 1.165) is 23.3 Å². The van der Waals surface area contributed by atoms with E-state index in [2.05, 4.69) is 10.5 Å². The largest absolute Gasteiger partial charge is 0.273 e. The smallest absolute Gasteiger partial charge is 0.240 e. The molecule has 1 amide bonds. The van der Waals surface area contributed by atoms with E-state index in [1.54, 1.807) is 0 Å². The summed E-state index contributed by atoms with van der Waals surface area (Å²) in [6.45, 7) is 1.86. The molecule has 0 fully saturated rings. The van der Waals surface area contributed by atoms with Crippen LogP contribution >= 0.6 is 0 Å². The highest BCUT2D eigenvalue weighted by Gasteiger charge is 2.00. The molecule has 0 heterocycles. The Bertz CT molecular complexity index is 646. The van der Waals surface area contributed by atoms with Crippen LogP contribution in [0.5, 0.6) is 0 Å². The van der Waals surface area contributed by atoms with Crippen molar-refractivity contribution in [2.45, 2.75) is 19.8 Å². The van der Waals surface area contributed by atoms with E-state index in [1.807, 2.05) is 79.7 Å². The molecule has 0 saturated carbocycles. The van der Waals surface area contributed by atoms with Crippen molar-refractivity contribution < 1.29 is 4.79 Å². The van der Waals surface area contributed by atoms with Gasteiger partial charge in [0.15, 0.2) is 0 Å². The summed E-state index contributed by atoms with van der Waals surface area (Å²) in [5.74, 6) is -0.0729. The van der Waals surface area contributed by atoms with Crippen molar-refractivity contribution >= 4 is 17.7 Å². The van der Waals surface area contributed by atoms with Gasteiger partial charge in [0.1, 0.15) is 0 Å². The number of allylic oxidation sites excluding steroid dienone is 1. The summed E-state index contributed by atoms with van der Waals surface area (Å²) in [6, 6.07) is 19.9. The van der Waals surface area contributed by atoms with Gasteiger partial charge in [-0.1, -0.05) is 66.7 Å². The van der Waals surface area contributed by atoms with E-state index in [4.69, 9.17) is 0 Å². The fourth-order valence-electron chi connectivity index (χ4n) is 1.93. The molecule has 0 aromatic heterocycles. The van der Waals surface area contributed by atoms with Crippen molar-refractivity contribution in [1.29, 1.82) is 0 Å². The first-order valence-electron chi connectivity index (χ1n) is 7.34. The zero-order valence-electron chi connectivity index (χ0n) is 12.7. The second kappa shape index (κ2) is 8.57. The molecular weight excluding hydrogens is 272 g/mol. The Labute approximate surface area is 131 Å². The lowest BCUT2D eigenvalue weighted by Crippen LogP contribution is -2.18. The van der Waals surface area contributed by atoms with Gasteiger partial charge < -0.3 is 0 Å². The van der Waals surface area contributed by atoms with Gasteiger partial charge in [-0.25, -0.2) is 5.43 Å². The number of nitrogens with one attached hydrogen (secondary N) is 1. The molecule has 3 nitrogen and oxygen atoms in total. The Hall–Kier alpha value is -2.68. The first-order valence-corrected chi connectivity index (χ1v) is 7.34. The van der Waals surface area contributed by atoms with Crippen LogP contribution in [0.15, 0.2) is 71.8 Å². The number of benzene rings is 2. The van der Waals surface area contributed by atoms with Crippen LogP contribution in [-0.2, 0) is 11.2 Å². The van der Waals surface area contributed by atoms with Crippen molar-refractivity contribution in [3.8, 4) is 0 Å². The first-order chi connectivity index (χ1) is 10.7. The molecular formula is C19H20N2O. The Balaban J connectivity index is 1.78. The van der Waals surface area contributed by atoms with Crippen LogP contribution in [-0.4, -0.2) is 11.6 Å². The van der Waals surface area contributed by atoms with E-state index in [0.29, 0.717) is 6.42 Å². The summed E-state index contributed by atoms with van der Waals surface area (Å²) in [5.41, 5.74) is 5.61. The van der Waals surface area contributed by atoms with Crippen LogP contribution in [0.1, 0.15) is 24.5 Å². The van der Waals surface area contributed by atoms with Crippen LogP contribution in [0, 0.1) is 0 Å². The average molecular weight is 292 g/mol. The van der Waals surface area contributed by atoms with Crippen molar-refractivity contribution in [3.05, 3.63) is 77.9 Å². The number of aryl methyl sites for hydroxylation is 1. The molecule has 22 heavy (non-hydrogen) atoms. The number of hydrogen-bond donors (Lipinski definition) is 1. The Kier molecular flexibility index (Phi) is 6.12. The summed E-state index contributed by atoms with van der Waals surface area (Å²) >= 11 is 0. The number of hydrazone groups is 1. The maximum Gasteiger partial charge on any atom is 0.240 e. The van der Waals surface area contributed by atoms with Crippen molar-refractivity contribution in [3.63, 3.8) is 0 Å². The van der Waals surface area contributed by atoms with E-state index < -0.39 is 0 Å². The van der Waals surface area contributed by atoms with Crippen LogP contribution in [0.25, 0.3) is 6.08 Å². The molecule has 3 heteroatoms. The molecule has 0 spiro atoms. The maximum atomic E-state index is 11.8. The fourth-order valence-corrected chi connectivity index (χ4v) is 1.93. The molecule has 0 atom stereocenters. The molecule has 0 saturated heterocycles. The van der Waals surface area contributed by atoms with Gasteiger partial charge in [0, 0.05) is 6.42 Å². The zero-order chi connectivity index (χ0) is 15.6. The van der Waals surface area contributed by atoms with E-state index >= 15 is 0 Å².